The van der Waals surface area contributed by atoms with E-state index in [0.717, 1.165) is 5.56 Å². The minimum Gasteiger partial charge on any atom is -0.317 e. The normalized spacial score (nSPS) is 9.42. The molecule has 1 nitrogen and oxygen atoms in total. The molecule has 1 aromatic rings. The van der Waals surface area contributed by atoms with Crippen LogP contribution in [0, 0.1) is 6.57 Å². The highest BCUT2D eigenvalue weighted by Crippen LogP contribution is 2.19. The van der Waals surface area contributed by atoms with Crippen molar-refractivity contribution < 1.29 is 0 Å². The van der Waals surface area contributed by atoms with Gasteiger partial charge < -0.3 is 4.85 Å². The lowest BCUT2D eigenvalue weighted by Crippen LogP contribution is -1.87. The molecule has 0 saturated carbocycles. The molecule has 0 fully saturated rings. The first-order chi connectivity index (χ1) is 5.72. The maximum Gasteiger partial charge on any atom is 0.218 e. The zero-order valence-electron chi connectivity index (χ0n) is 6.35. The average Bonchev–Trinajstić information content (AvgIpc) is 1.99. The van der Waals surface area contributed by atoms with Gasteiger partial charge in [0.05, 0.1) is 0 Å². The lowest BCUT2D eigenvalue weighted by atomic mass is 10.1. The molecule has 0 N–H and O–H groups in total. The van der Waals surface area contributed by atoms with Crippen LogP contribution in [0.25, 0.3) is 4.85 Å². The second-order valence-corrected chi connectivity index (χ2v) is 3.28. The molecule has 0 saturated heterocycles. The van der Waals surface area contributed by atoms with Gasteiger partial charge in [0, 0.05) is 16.5 Å². The van der Waals surface area contributed by atoms with Crippen molar-refractivity contribution in [1.29, 1.82) is 0 Å². The predicted octanol–water partition coefficient (Wildman–Crippen LogP) is 3.46. The van der Waals surface area contributed by atoms with Gasteiger partial charge in [0.25, 0.3) is 0 Å². The molecular weight excluding hydrogens is 193 g/mol. The average molecular weight is 200 g/mol. The van der Waals surface area contributed by atoms with Gasteiger partial charge in [-0.3, -0.25) is 0 Å². The topological polar surface area (TPSA) is 4.36 Å². The van der Waals surface area contributed by atoms with Crippen molar-refractivity contribution in [2.75, 3.05) is 6.54 Å². The van der Waals surface area contributed by atoms with E-state index in [1.54, 1.807) is 6.07 Å². The molecule has 0 unspecified atom stereocenters. The number of halogens is 2. The van der Waals surface area contributed by atoms with Crippen molar-refractivity contribution in [3.8, 4) is 0 Å². The molecule has 0 aliphatic carbocycles. The van der Waals surface area contributed by atoms with Crippen molar-refractivity contribution in [3.63, 3.8) is 0 Å². The number of rotatable bonds is 2. The summed E-state index contributed by atoms with van der Waals surface area (Å²) in [6.45, 7) is 7.10. The molecule has 0 heterocycles. The van der Waals surface area contributed by atoms with Crippen LogP contribution in [-0.2, 0) is 6.42 Å². The Morgan fingerprint density at radius 3 is 2.25 bits per heavy atom. The third-order valence-corrected chi connectivity index (χ3v) is 1.87. The highest BCUT2D eigenvalue weighted by Gasteiger charge is 1.98. The first-order valence-corrected chi connectivity index (χ1v) is 4.26. The summed E-state index contributed by atoms with van der Waals surface area (Å²) >= 11 is 11.5. The second-order valence-electron chi connectivity index (χ2n) is 2.41. The van der Waals surface area contributed by atoms with Crippen LogP contribution in [0.4, 0.5) is 0 Å². The summed E-state index contributed by atoms with van der Waals surface area (Å²) < 4.78 is 0. The fourth-order valence-corrected chi connectivity index (χ4v) is 1.51. The Morgan fingerprint density at radius 2 is 1.75 bits per heavy atom. The molecule has 0 amide bonds. The van der Waals surface area contributed by atoms with Gasteiger partial charge >= 0.3 is 0 Å². The molecule has 0 bridgehead atoms. The minimum absolute atomic E-state index is 0.483. The second kappa shape index (κ2) is 4.35. The van der Waals surface area contributed by atoms with E-state index in [4.69, 9.17) is 29.8 Å². The molecule has 0 aliphatic rings. The maximum absolute atomic E-state index is 6.62. The lowest BCUT2D eigenvalue weighted by molar-refractivity contribution is 1.08. The standard InChI is InChI=1S/C9H7Cl2N/c1-12-3-2-7-4-8(10)6-9(11)5-7/h4-6H,2-3H2. The van der Waals surface area contributed by atoms with Gasteiger partial charge in [-0.1, -0.05) is 23.2 Å². The third kappa shape index (κ3) is 2.73. The van der Waals surface area contributed by atoms with E-state index in [1.165, 1.54) is 0 Å². The highest BCUT2D eigenvalue weighted by molar-refractivity contribution is 6.34. The van der Waals surface area contributed by atoms with E-state index >= 15 is 0 Å². The van der Waals surface area contributed by atoms with Crippen LogP contribution in [0.15, 0.2) is 18.2 Å². The van der Waals surface area contributed by atoms with E-state index in [1.807, 2.05) is 12.1 Å². The summed E-state index contributed by atoms with van der Waals surface area (Å²) in [7, 11) is 0. The molecular formula is C9H7Cl2N. The smallest absolute Gasteiger partial charge is 0.218 e. The van der Waals surface area contributed by atoms with Gasteiger partial charge in [-0.15, -0.1) is 0 Å². The van der Waals surface area contributed by atoms with Gasteiger partial charge in [0.2, 0.25) is 6.54 Å². The Morgan fingerprint density at radius 1 is 1.17 bits per heavy atom. The maximum atomic E-state index is 6.62. The fraction of sp³-hybridized carbons (Fsp3) is 0.222. The molecule has 3 heteroatoms. The molecule has 0 spiro atoms. The third-order valence-electron chi connectivity index (χ3n) is 1.43. The van der Waals surface area contributed by atoms with Crippen molar-refractivity contribution in [2.45, 2.75) is 6.42 Å². The van der Waals surface area contributed by atoms with Crippen LogP contribution in [-0.4, -0.2) is 6.54 Å². The highest BCUT2D eigenvalue weighted by atomic mass is 35.5. The minimum atomic E-state index is 0.483. The lowest BCUT2D eigenvalue weighted by Gasteiger charge is -1.97. The van der Waals surface area contributed by atoms with E-state index in [0.29, 0.717) is 23.0 Å². The van der Waals surface area contributed by atoms with Crippen LogP contribution in [0.5, 0.6) is 0 Å². The zero-order chi connectivity index (χ0) is 8.97. The molecule has 12 heavy (non-hydrogen) atoms. The molecule has 0 radical (unpaired) electrons. The van der Waals surface area contributed by atoms with Gasteiger partial charge in [0.15, 0.2) is 0 Å². The van der Waals surface area contributed by atoms with Crippen molar-refractivity contribution in [2.24, 2.45) is 0 Å². The van der Waals surface area contributed by atoms with Crippen LogP contribution < -0.4 is 0 Å². The Kier molecular flexibility index (Phi) is 3.40. The molecule has 62 valence electrons. The quantitative estimate of drug-likeness (QED) is 0.644. The molecule has 1 rings (SSSR count). The van der Waals surface area contributed by atoms with Crippen LogP contribution in [0.3, 0.4) is 0 Å². The van der Waals surface area contributed by atoms with E-state index < -0.39 is 0 Å². The molecule has 0 aromatic heterocycles. The molecule has 0 atom stereocenters. The van der Waals surface area contributed by atoms with Gasteiger partial charge in [-0.25, -0.2) is 6.57 Å². The summed E-state index contributed by atoms with van der Waals surface area (Å²) in [5.41, 5.74) is 1.02. The summed E-state index contributed by atoms with van der Waals surface area (Å²) in [5, 5.41) is 1.25. The number of hydrogen-bond donors (Lipinski definition) is 0. The Bertz CT molecular complexity index is 295. The number of benzene rings is 1. The summed E-state index contributed by atoms with van der Waals surface area (Å²) in [5.74, 6) is 0. The predicted molar refractivity (Wildman–Crippen MR) is 51.6 cm³/mol. The van der Waals surface area contributed by atoms with Crippen molar-refractivity contribution in [3.05, 3.63) is 45.2 Å². The van der Waals surface area contributed by atoms with Crippen molar-refractivity contribution in [1.82, 2.24) is 0 Å². The van der Waals surface area contributed by atoms with E-state index in [2.05, 4.69) is 4.85 Å². The Balaban J connectivity index is 2.80. The summed E-state index contributed by atoms with van der Waals surface area (Å²) in [4.78, 5) is 3.25. The van der Waals surface area contributed by atoms with E-state index in [-0.39, 0.29) is 0 Å². The zero-order valence-corrected chi connectivity index (χ0v) is 7.86. The first kappa shape index (κ1) is 9.38. The molecule has 1 aromatic carbocycles. The Labute approximate surface area is 81.7 Å². The van der Waals surface area contributed by atoms with Crippen LogP contribution in [0.1, 0.15) is 5.56 Å². The van der Waals surface area contributed by atoms with Gasteiger partial charge in [-0.2, -0.15) is 0 Å². The monoisotopic (exact) mass is 199 g/mol. The first-order valence-electron chi connectivity index (χ1n) is 3.50. The van der Waals surface area contributed by atoms with Crippen molar-refractivity contribution >= 4 is 23.2 Å². The summed E-state index contributed by atoms with van der Waals surface area (Å²) in [6.07, 6.45) is 0.712. The van der Waals surface area contributed by atoms with Crippen LogP contribution in [0.2, 0.25) is 10.0 Å². The largest absolute Gasteiger partial charge is 0.317 e. The van der Waals surface area contributed by atoms with Gasteiger partial charge in [0.1, 0.15) is 0 Å². The summed E-state index contributed by atoms with van der Waals surface area (Å²) in [6, 6.07) is 5.35. The number of hydrogen-bond acceptors (Lipinski definition) is 0. The van der Waals surface area contributed by atoms with Crippen LogP contribution >= 0.6 is 23.2 Å². The molecule has 0 aliphatic heterocycles. The SMILES string of the molecule is [C-]#[N+]CCc1cc(Cl)cc(Cl)c1. The number of nitrogens with zero attached hydrogens (tertiary/aromatic N) is 1. The van der Waals surface area contributed by atoms with Gasteiger partial charge in [-0.05, 0) is 23.8 Å². The van der Waals surface area contributed by atoms with E-state index in [9.17, 15) is 0 Å². The Hall–Kier alpha value is -0.710. The fourth-order valence-electron chi connectivity index (χ4n) is 0.940.